The predicted octanol–water partition coefficient (Wildman–Crippen LogP) is 3.91. The molecule has 2 aromatic rings. The molecule has 0 amide bonds. The number of nitrogens with one attached hydrogen (secondary N) is 1. The number of hydrogen-bond acceptors (Lipinski definition) is 2. The third-order valence-corrected chi connectivity index (χ3v) is 3.40. The van der Waals surface area contributed by atoms with E-state index in [0.717, 1.165) is 24.1 Å². The van der Waals surface area contributed by atoms with Crippen LogP contribution < -0.4 is 5.73 Å². The molecule has 0 saturated carbocycles. The van der Waals surface area contributed by atoms with Gasteiger partial charge in [0.15, 0.2) is 0 Å². The minimum absolute atomic E-state index is 0.0972. The van der Waals surface area contributed by atoms with Crippen molar-refractivity contribution in [3.8, 4) is 11.3 Å². The van der Waals surface area contributed by atoms with Crippen LogP contribution in [0.15, 0.2) is 24.3 Å². The molecule has 0 aliphatic rings. The van der Waals surface area contributed by atoms with Gasteiger partial charge in [0, 0.05) is 11.1 Å². The first-order valence-corrected chi connectivity index (χ1v) is 6.87. The lowest BCUT2D eigenvalue weighted by atomic mass is 9.82. The van der Waals surface area contributed by atoms with Gasteiger partial charge in [0.05, 0.1) is 5.69 Å². The molecule has 0 atom stereocenters. The van der Waals surface area contributed by atoms with E-state index in [9.17, 15) is 0 Å². The number of nitrogen functional groups attached to an aromatic ring is 1. The minimum atomic E-state index is 0.0972. The van der Waals surface area contributed by atoms with Crippen molar-refractivity contribution in [2.75, 3.05) is 5.73 Å². The molecular formula is C16H23N3. The number of rotatable bonds is 3. The number of H-pyrrole nitrogens is 1. The van der Waals surface area contributed by atoms with E-state index in [1.54, 1.807) is 0 Å². The first-order valence-electron chi connectivity index (χ1n) is 6.87. The Morgan fingerprint density at radius 2 is 1.89 bits per heavy atom. The summed E-state index contributed by atoms with van der Waals surface area (Å²) in [5, 5.41) is 7.30. The fourth-order valence-corrected chi connectivity index (χ4v) is 2.46. The molecule has 0 radical (unpaired) electrons. The van der Waals surface area contributed by atoms with Crippen LogP contribution in [0.25, 0.3) is 11.3 Å². The summed E-state index contributed by atoms with van der Waals surface area (Å²) < 4.78 is 0. The van der Waals surface area contributed by atoms with Gasteiger partial charge in [0.2, 0.25) is 0 Å². The van der Waals surface area contributed by atoms with Gasteiger partial charge in [0.1, 0.15) is 5.82 Å². The van der Waals surface area contributed by atoms with Gasteiger partial charge in [-0.15, -0.1) is 0 Å². The molecule has 0 saturated heterocycles. The van der Waals surface area contributed by atoms with E-state index in [1.165, 1.54) is 11.1 Å². The molecule has 0 unspecified atom stereocenters. The maximum atomic E-state index is 5.98. The molecule has 102 valence electrons. The molecule has 0 bridgehead atoms. The molecule has 0 aliphatic carbocycles. The predicted molar refractivity (Wildman–Crippen MR) is 81.1 cm³/mol. The Morgan fingerprint density at radius 1 is 1.21 bits per heavy atom. The first kappa shape index (κ1) is 13.7. The summed E-state index contributed by atoms with van der Waals surface area (Å²) in [5.41, 5.74) is 10.8. The van der Waals surface area contributed by atoms with Crippen molar-refractivity contribution >= 4 is 5.82 Å². The zero-order chi connectivity index (χ0) is 14.0. The van der Waals surface area contributed by atoms with Crippen molar-refractivity contribution in [1.29, 1.82) is 0 Å². The highest BCUT2D eigenvalue weighted by molar-refractivity contribution is 5.72. The van der Waals surface area contributed by atoms with Crippen LogP contribution in [0.3, 0.4) is 0 Å². The molecule has 2 rings (SSSR count). The van der Waals surface area contributed by atoms with Crippen molar-refractivity contribution in [2.45, 2.75) is 46.0 Å². The molecule has 1 heterocycles. The maximum absolute atomic E-state index is 5.98. The van der Waals surface area contributed by atoms with Crippen molar-refractivity contribution in [3.05, 3.63) is 35.4 Å². The zero-order valence-electron chi connectivity index (χ0n) is 12.2. The fraction of sp³-hybridized carbons (Fsp3) is 0.438. The summed E-state index contributed by atoms with van der Waals surface area (Å²) in [4.78, 5) is 0. The highest BCUT2D eigenvalue weighted by atomic mass is 15.2. The molecule has 3 heteroatoms. The highest BCUT2D eigenvalue weighted by Gasteiger charge is 2.21. The van der Waals surface area contributed by atoms with E-state index in [0.29, 0.717) is 5.82 Å². The SMILES string of the molecule is CCCc1c(N)n[nH]c1-c1ccccc1C(C)(C)C. The number of aromatic amines is 1. The molecule has 3 nitrogen and oxygen atoms in total. The van der Waals surface area contributed by atoms with Gasteiger partial charge in [-0.25, -0.2) is 0 Å². The smallest absolute Gasteiger partial charge is 0.149 e. The summed E-state index contributed by atoms with van der Waals surface area (Å²) in [6.07, 6.45) is 2.02. The Kier molecular flexibility index (Phi) is 3.65. The van der Waals surface area contributed by atoms with Crippen molar-refractivity contribution in [2.24, 2.45) is 0 Å². The third-order valence-electron chi connectivity index (χ3n) is 3.40. The second-order valence-corrected chi connectivity index (χ2v) is 6.01. The molecular weight excluding hydrogens is 234 g/mol. The Hall–Kier alpha value is -1.77. The highest BCUT2D eigenvalue weighted by Crippen LogP contribution is 2.35. The van der Waals surface area contributed by atoms with E-state index in [2.05, 4.69) is 62.2 Å². The zero-order valence-corrected chi connectivity index (χ0v) is 12.2. The molecule has 1 aromatic carbocycles. The average molecular weight is 257 g/mol. The van der Waals surface area contributed by atoms with E-state index >= 15 is 0 Å². The Bertz CT molecular complexity index is 562. The van der Waals surface area contributed by atoms with Gasteiger partial charge in [-0.05, 0) is 17.4 Å². The topological polar surface area (TPSA) is 54.7 Å². The summed E-state index contributed by atoms with van der Waals surface area (Å²) >= 11 is 0. The molecule has 1 aromatic heterocycles. The van der Waals surface area contributed by atoms with Gasteiger partial charge in [0.25, 0.3) is 0 Å². The third kappa shape index (κ3) is 2.65. The van der Waals surface area contributed by atoms with Crippen LogP contribution in [0.2, 0.25) is 0 Å². The summed E-state index contributed by atoms with van der Waals surface area (Å²) in [6, 6.07) is 8.48. The van der Waals surface area contributed by atoms with Gasteiger partial charge >= 0.3 is 0 Å². The van der Waals surface area contributed by atoms with Gasteiger partial charge < -0.3 is 5.73 Å². The fourth-order valence-electron chi connectivity index (χ4n) is 2.46. The number of hydrogen-bond donors (Lipinski definition) is 2. The van der Waals surface area contributed by atoms with Crippen LogP contribution in [0.4, 0.5) is 5.82 Å². The van der Waals surface area contributed by atoms with Gasteiger partial charge in [-0.2, -0.15) is 5.10 Å². The second kappa shape index (κ2) is 5.08. The summed E-state index contributed by atoms with van der Waals surface area (Å²) in [7, 11) is 0. The van der Waals surface area contributed by atoms with Gasteiger partial charge in [-0.1, -0.05) is 58.4 Å². The first-order chi connectivity index (χ1) is 8.95. The van der Waals surface area contributed by atoms with Crippen LogP contribution >= 0.6 is 0 Å². The van der Waals surface area contributed by atoms with Crippen molar-refractivity contribution in [3.63, 3.8) is 0 Å². The molecule has 0 aliphatic heterocycles. The summed E-state index contributed by atoms with van der Waals surface area (Å²) in [5.74, 6) is 0.626. The summed E-state index contributed by atoms with van der Waals surface area (Å²) in [6.45, 7) is 8.84. The number of nitrogens with two attached hydrogens (primary N) is 1. The standard InChI is InChI=1S/C16H23N3/c1-5-8-12-14(18-19-15(12)17)11-9-6-7-10-13(11)16(2,3)4/h6-7,9-10H,5,8H2,1-4H3,(H3,17,18,19). The van der Waals surface area contributed by atoms with Crippen LogP contribution in [0.1, 0.15) is 45.2 Å². The maximum Gasteiger partial charge on any atom is 0.149 e. The van der Waals surface area contributed by atoms with E-state index < -0.39 is 0 Å². The molecule has 0 fully saturated rings. The normalized spacial score (nSPS) is 11.8. The number of benzene rings is 1. The average Bonchev–Trinajstić information content (AvgIpc) is 2.71. The lowest BCUT2D eigenvalue weighted by Crippen LogP contribution is -2.13. The lowest BCUT2D eigenvalue weighted by molar-refractivity contribution is 0.591. The van der Waals surface area contributed by atoms with Crippen LogP contribution in [0.5, 0.6) is 0 Å². The molecule has 0 spiro atoms. The lowest BCUT2D eigenvalue weighted by Gasteiger charge is -2.22. The number of aromatic nitrogens is 2. The second-order valence-electron chi connectivity index (χ2n) is 6.01. The Balaban J connectivity index is 2.60. The van der Waals surface area contributed by atoms with Crippen molar-refractivity contribution < 1.29 is 0 Å². The van der Waals surface area contributed by atoms with E-state index in [1.807, 2.05) is 0 Å². The van der Waals surface area contributed by atoms with E-state index in [-0.39, 0.29) is 5.41 Å². The number of anilines is 1. The van der Waals surface area contributed by atoms with Crippen molar-refractivity contribution in [1.82, 2.24) is 10.2 Å². The van der Waals surface area contributed by atoms with Crippen LogP contribution in [0, 0.1) is 0 Å². The molecule has 3 N–H and O–H groups in total. The quantitative estimate of drug-likeness (QED) is 0.876. The Labute approximate surface area is 115 Å². The van der Waals surface area contributed by atoms with Crippen LogP contribution in [-0.4, -0.2) is 10.2 Å². The monoisotopic (exact) mass is 257 g/mol. The van der Waals surface area contributed by atoms with Crippen LogP contribution in [-0.2, 0) is 11.8 Å². The van der Waals surface area contributed by atoms with E-state index in [4.69, 9.17) is 5.73 Å². The molecule has 19 heavy (non-hydrogen) atoms. The largest absolute Gasteiger partial charge is 0.382 e. The number of nitrogens with zero attached hydrogens (tertiary/aromatic N) is 1. The minimum Gasteiger partial charge on any atom is -0.382 e. The van der Waals surface area contributed by atoms with Gasteiger partial charge in [-0.3, -0.25) is 5.10 Å². The Morgan fingerprint density at radius 3 is 2.53 bits per heavy atom.